The number of ketones is 1. The number of nitrogens with one attached hydrogen (secondary N) is 1. The Morgan fingerprint density at radius 2 is 1.74 bits per heavy atom. The molecule has 2 aromatic rings. The van der Waals surface area contributed by atoms with E-state index in [1.165, 1.54) is 37.3 Å². The third-order valence-corrected chi connectivity index (χ3v) is 3.30. The summed E-state index contributed by atoms with van der Waals surface area (Å²) in [6.07, 6.45) is 0. The fraction of sp³-hybridized carbons (Fsp3) is 0.118. The average Bonchev–Trinajstić information content (AvgIpc) is 2.53. The molecular weight excluding hydrogens is 301 g/mol. The lowest BCUT2D eigenvalue weighted by Gasteiger charge is -2.09. The van der Waals surface area contributed by atoms with Crippen LogP contribution in [0.1, 0.15) is 43.6 Å². The molecule has 2 N–H and O–H groups in total. The van der Waals surface area contributed by atoms with E-state index in [4.69, 9.17) is 5.11 Å². The smallest absolute Gasteiger partial charge is 0.336 e. The van der Waals surface area contributed by atoms with E-state index in [1.807, 2.05) is 0 Å². The Morgan fingerprint density at radius 1 is 1.09 bits per heavy atom. The molecule has 5 nitrogen and oxygen atoms in total. The minimum atomic E-state index is -1.22. The first-order valence-electron chi connectivity index (χ1n) is 6.80. The molecule has 2 rings (SSSR count). The molecule has 0 aliphatic rings. The Balaban J connectivity index is 2.14. The van der Waals surface area contributed by atoms with Gasteiger partial charge in [0, 0.05) is 17.7 Å². The summed E-state index contributed by atoms with van der Waals surface area (Å²) in [4.78, 5) is 34.3. The number of carbonyl (C=O) groups excluding carboxylic acids is 2. The van der Waals surface area contributed by atoms with Crippen molar-refractivity contribution in [2.45, 2.75) is 13.5 Å². The van der Waals surface area contributed by atoms with Gasteiger partial charge in [0.25, 0.3) is 5.91 Å². The molecule has 1 amide bonds. The van der Waals surface area contributed by atoms with Gasteiger partial charge >= 0.3 is 5.97 Å². The second-order valence-electron chi connectivity index (χ2n) is 4.90. The van der Waals surface area contributed by atoms with Gasteiger partial charge in [0.15, 0.2) is 5.78 Å². The van der Waals surface area contributed by atoms with Gasteiger partial charge in [-0.25, -0.2) is 9.18 Å². The predicted molar refractivity (Wildman–Crippen MR) is 81.0 cm³/mol. The second-order valence-corrected chi connectivity index (χ2v) is 4.90. The summed E-state index contributed by atoms with van der Waals surface area (Å²) in [6, 6.07) is 9.75. The quantitative estimate of drug-likeness (QED) is 0.831. The molecule has 0 saturated carbocycles. The van der Waals surface area contributed by atoms with Gasteiger partial charge in [0.1, 0.15) is 5.82 Å². The summed E-state index contributed by atoms with van der Waals surface area (Å²) in [6.45, 7) is 1.22. The Bertz CT molecular complexity index is 786. The third kappa shape index (κ3) is 3.79. The maximum Gasteiger partial charge on any atom is 0.336 e. The van der Waals surface area contributed by atoms with E-state index in [1.54, 1.807) is 6.07 Å². The standard InChI is InChI=1S/C17H14FNO4/c1-10(20)11-6-7-12(15(18)8-11)9-19-16(21)13-4-2-3-5-14(13)17(22)23/h2-8H,9H2,1H3,(H,19,21)(H,22,23). The molecule has 0 fully saturated rings. The summed E-state index contributed by atoms with van der Waals surface area (Å²) in [7, 11) is 0. The first-order chi connectivity index (χ1) is 10.9. The number of aromatic carboxylic acids is 1. The van der Waals surface area contributed by atoms with E-state index < -0.39 is 17.7 Å². The van der Waals surface area contributed by atoms with Gasteiger partial charge < -0.3 is 10.4 Å². The van der Waals surface area contributed by atoms with E-state index in [9.17, 15) is 18.8 Å². The van der Waals surface area contributed by atoms with Crippen molar-refractivity contribution >= 4 is 17.7 Å². The van der Waals surface area contributed by atoms with Crippen molar-refractivity contribution in [3.63, 3.8) is 0 Å². The van der Waals surface area contributed by atoms with Gasteiger partial charge in [0.05, 0.1) is 11.1 Å². The second kappa shape index (κ2) is 6.83. The van der Waals surface area contributed by atoms with Crippen molar-refractivity contribution in [1.82, 2.24) is 5.32 Å². The highest BCUT2D eigenvalue weighted by molar-refractivity contribution is 6.04. The molecule has 118 valence electrons. The molecule has 0 saturated heterocycles. The zero-order valence-electron chi connectivity index (χ0n) is 12.3. The third-order valence-electron chi connectivity index (χ3n) is 3.30. The number of carboxylic acid groups (broad SMARTS) is 1. The van der Waals surface area contributed by atoms with E-state index in [0.717, 1.165) is 6.07 Å². The van der Waals surface area contributed by atoms with Crippen molar-refractivity contribution in [1.29, 1.82) is 0 Å². The fourth-order valence-corrected chi connectivity index (χ4v) is 2.05. The van der Waals surface area contributed by atoms with Crippen LogP contribution in [0.3, 0.4) is 0 Å². The number of carbonyl (C=O) groups is 3. The number of rotatable bonds is 5. The van der Waals surface area contributed by atoms with Crippen molar-refractivity contribution in [3.05, 3.63) is 70.5 Å². The summed E-state index contributed by atoms with van der Waals surface area (Å²) in [5.41, 5.74) is 0.322. The van der Waals surface area contributed by atoms with Crippen LogP contribution in [-0.4, -0.2) is 22.8 Å². The Labute approximate surface area is 131 Å². The monoisotopic (exact) mass is 315 g/mol. The average molecular weight is 315 g/mol. The van der Waals surface area contributed by atoms with E-state index in [0.29, 0.717) is 0 Å². The highest BCUT2D eigenvalue weighted by atomic mass is 19.1. The lowest BCUT2D eigenvalue weighted by atomic mass is 10.1. The zero-order chi connectivity index (χ0) is 17.0. The molecule has 0 bridgehead atoms. The topological polar surface area (TPSA) is 83.5 Å². The number of Topliss-reactive ketones (excluding diaryl/α,β-unsaturated/α-hetero) is 1. The lowest BCUT2D eigenvalue weighted by molar-refractivity contribution is 0.0690. The van der Waals surface area contributed by atoms with Crippen molar-refractivity contribution in [3.8, 4) is 0 Å². The summed E-state index contributed by atoms with van der Waals surface area (Å²) in [5, 5.41) is 11.5. The minimum Gasteiger partial charge on any atom is -0.478 e. The first kappa shape index (κ1) is 16.4. The molecule has 0 aromatic heterocycles. The lowest BCUT2D eigenvalue weighted by Crippen LogP contribution is -2.25. The highest BCUT2D eigenvalue weighted by Crippen LogP contribution is 2.12. The van der Waals surface area contributed by atoms with Gasteiger partial charge in [0.2, 0.25) is 0 Å². The number of hydrogen-bond donors (Lipinski definition) is 2. The van der Waals surface area contributed by atoms with Crippen LogP contribution in [0.4, 0.5) is 4.39 Å². The first-order valence-corrected chi connectivity index (χ1v) is 6.80. The molecule has 0 radical (unpaired) electrons. The van der Waals surface area contributed by atoms with Crippen LogP contribution in [0.2, 0.25) is 0 Å². The van der Waals surface area contributed by atoms with E-state index >= 15 is 0 Å². The molecule has 6 heteroatoms. The Hall–Kier alpha value is -3.02. The molecule has 0 aliphatic heterocycles. The van der Waals surface area contributed by atoms with Crippen molar-refractivity contribution in [2.75, 3.05) is 0 Å². The largest absolute Gasteiger partial charge is 0.478 e. The SMILES string of the molecule is CC(=O)c1ccc(CNC(=O)c2ccccc2C(=O)O)c(F)c1. The molecule has 0 spiro atoms. The minimum absolute atomic E-state index is 0.000708. The Kier molecular flexibility index (Phi) is 4.85. The van der Waals surface area contributed by atoms with Gasteiger partial charge in [-0.1, -0.05) is 24.3 Å². The van der Waals surface area contributed by atoms with Crippen LogP contribution < -0.4 is 5.32 Å². The van der Waals surface area contributed by atoms with E-state index in [2.05, 4.69) is 5.32 Å². The molecular formula is C17H14FNO4. The molecule has 0 heterocycles. The maximum absolute atomic E-state index is 13.9. The molecule has 2 aromatic carbocycles. The van der Waals surface area contributed by atoms with Gasteiger partial charge in [-0.3, -0.25) is 9.59 Å². The van der Waals surface area contributed by atoms with Crippen LogP contribution in [0.5, 0.6) is 0 Å². The number of benzene rings is 2. The van der Waals surface area contributed by atoms with Crippen molar-refractivity contribution in [2.24, 2.45) is 0 Å². The van der Waals surface area contributed by atoms with Crippen LogP contribution in [0.15, 0.2) is 42.5 Å². The molecule has 0 aliphatic carbocycles. The van der Waals surface area contributed by atoms with Crippen molar-refractivity contribution < 1.29 is 23.9 Å². The van der Waals surface area contributed by atoms with E-state index in [-0.39, 0.29) is 34.6 Å². The van der Waals surface area contributed by atoms with Crippen LogP contribution in [-0.2, 0) is 6.54 Å². The summed E-state index contributed by atoms with van der Waals surface area (Å²) < 4.78 is 13.9. The van der Waals surface area contributed by atoms with Gasteiger partial charge in [-0.05, 0) is 25.1 Å². The predicted octanol–water partition coefficient (Wildman–Crippen LogP) is 2.66. The van der Waals surface area contributed by atoms with Gasteiger partial charge in [-0.2, -0.15) is 0 Å². The fourth-order valence-electron chi connectivity index (χ4n) is 2.05. The maximum atomic E-state index is 13.9. The normalized spacial score (nSPS) is 10.2. The zero-order valence-corrected chi connectivity index (χ0v) is 12.3. The highest BCUT2D eigenvalue weighted by Gasteiger charge is 2.16. The number of hydrogen-bond acceptors (Lipinski definition) is 3. The molecule has 0 atom stereocenters. The van der Waals surface area contributed by atoms with Crippen LogP contribution >= 0.6 is 0 Å². The van der Waals surface area contributed by atoms with Crippen LogP contribution in [0.25, 0.3) is 0 Å². The number of halogens is 1. The number of amides is 1. The van der Waals surface area contributed by atoms with Gasteiger partial charge in [-0.15, -0.1) is 0 Å². The number of carboxylic acids is 1. The summed E-state index contributed by atoms with van der Waals surface area (Å²) in [5.74, 6) is -2.69. The molecule has 23 heavy (non-hydrogen) atoms. The summed E-state index contributed by atoms with van der Waals surface area (Å²) >= 11 is 0. The Morgan fingerprint density at radius 3 is 2.30 bits per heavy atom. The van der Waals surface area contributed by atoms with Crippen LogP contribution in [0, 0.1) is 5.82 Å². The molecule has 0 unspecified atom stereocenters.